The molecule has 0 amide bonds. The summed E-state index contributed by atoms with van der Waals surface area (Å²) in [5.74, 6) is 0.825. The minimum Gasteiger partial charge on any atom is -0.462 e. The number of carbonyl (C=O) groups is 4. The number of hydrogen-bond donors (Lipinski definition) is 3. The number of unbranched alkanes of at least 4 members (excludes halogenated alkanes) is 27. The van der Waals surface area contributed by atoms with Crippen molar-refractivity contribution in [2.45, 2.75) is 337 Å². The van der Waals surface area contributed by atoms with Gasteiger partial charge in [-0.25, -0.2) is 9.13 Å². The summed E-state index contributed by atoms with van der Waals surface area (Å²) >= 11 is 0. The van der Waals surface area contributed by atoms with Crippen LogP contribution in [0.3, 0.4) is 0 Å². The van der Waals surface area contributed by atoms with Crippen LogP contribution in [-0.2, 0) is 65.4 Å². The van der Waals surface area contributed by atoms with Gasteiger partial charge in [-0.15, -0.1) is 0 Å². The Kier molecular flexibility index (Phi) is 54.8. The monoisotopic (exact) mass is 1250 g/mol. The molecule has 17 nitrogen and oxygen atoms in total. The number of hydrogen-bond acceptors (Lipinski definition) is 15. The summed E-state index contributed by atoms with van der Waals surface area (Å²) < 4.78 is 68.1. The molecule has 0 aliphatic rings. The van der Waals surface area contributed by atoms with Crippen molar-refractivity contribution in [3.05, 3.63) is 0 Å². The van der Waals surface area contributed by atoms with Gasteiger partial charge in [-0.3, -0.25) is 37.3 Å². The van der Waals surface area contributed by atoms with Crippen LogP contribution in [0.1, 0.15) is 319 Å². The Labute approximate surface area is 517 Å². The van der Waals surface area contributed by atoms with Gasteiger partial charge >= 0.3 is 39.5 Å². The van der Waals surface area contributed by atoms with Gasteiger partial charge in [0, 0.05) is 25.7 Å². The van der Waals surface area contributed by atoms with Crippen LogP contribution in [0.5, 0.6) is 0 Å². The zero-order valence-corrected chi connectivity index (χ0v) is 57.0. The molecule has 0 aromatic carbocycles. The topological polar surface area (TPSA) is 237 Å². The Balaban J connectivity index is 5.27. The molecule has 0 aliphatic heterocycles. The Morgan fingerprint density at radius 2 is 0.565 bits per heavy atom. The third-order valence-electron chi connectivity index (χ3n) is 15.8. The highest BCUT2D eigenvalue weighted by atomic mass is 31.2. The molecule has 0 heterocycles. The van der Waals surface area contributed by atoms with Crippen LogP contribution in [0.2, 0.25) is 0 Å². The summed E-state index contributed by atoms with van der Waals surface area (Å²) in [6.45, 7) is 14.0. The third-order valence-corrected chi connectivity index (χ3v) is 17.7. The largest absolute Gasteiger partial charge is 0.472 e. The average Bonchev–Trinajstić information content (AvgIpc) is 3.53. The molecule has 0 aromatic heterocycles. The summed E-state index contributed by atoms with van der Waals surface area (Å²) in [4.78, 5) is 72.3. The fourth-order valence-electron chi connectivity index (χ4n) is 9.72. The van der Waals surface area contributed by atoms with E-state index in [-0.39, 0.29) is 25.7 Å². The van der Waals surface area contributed by atoms with Crippen LogP contribution in [-0.4, -0.2) is 96.7 Å². The summed E-state index contributed by atoms with van der Waals surface area (Å²) in [5, 5.41) is 10.6. The number of aliphatic hydroxyl groups is 1. The van der Waals surface area contributed by atoms with E-state index < -0.39 is 97.5 Å². The SMILES string of the molecule is CCC(C)CCCCCCCCCCC(=O)O[C@H](COC(=O)CCCCCCCCCCC(C)C)COP(=O)(O)OC[C@@H](O)COP(=O)(O)OC[C@@H](COC(=O)CCCCCCCCC(C)CC)OC(=O)CCCCCCCCCCCC(C)C. The van der Waals surface area contributed by atoms with Crippen LogP contribution in [0.25, 0.3) is 0 Å². The Bertz CT molecular complexity index is 1700. The van der Waals surface area contributed by atoms with Gasteiger partial charge < -0.3 is 33.8 Å². The highest BCUT2D eigenvalue weighted by Crippen LogP contribution is 2.45. The summed E-state index contributed by atoms with van der Waals surface area (Å²) in [6.07, 6.45) is 36.2. The maximum atomic E-state index is 13.0. The second-order valence-corrected chi connectivity index (χ2v) is 28.2. The van der Waals surface area contributed by atoms with Gasteiger partial charge in [0.2, 0.25) is 0 Å². The lowest BCUT2D eigenvalue weighted by Crippen LogP contribution is -2.30. The molecule has 0 fully saturated rings. The molecule has 85 heavy (non-hydrogen) atoms. The number of ether oxygens (including phenoxy) is 4. The lowest BCUT2D eigenvalue weighted by atomic mass is 9.99. The Morgan fingerprint density at radius 3 is 0.835 bits per heavy atom. The molecular formula is C66H128O17P2. The zero-order chi connectivity index (χ0) is 63.2. The van der Waals surface area contributed by atoms with Crippen LogP contribution >= 0.6 is 15.6 Å². The maximum absolute atomic E-state index is 13.0. The van der Waals surface area contributed by atoms with Crippen molar-refractivity contribution < 1.29 is 80.2 Å². The number of phosphoric acid groups is 2. The third kappa shape index (κ3) is 58.2. The van der Waals surface area contributed by atoms with Crippen molar-refractivity contribution in [3.8, 4) is 0 Å². The zero-order valence-electron chi connectivity index (χ0n) is 55.2. The van der Waals surface area contributed by atoms with E-state index in [2.05, 4.69) is 55.4 Å². The number of rotatable bonds is 63. The molecule has 19 heteroatoms. The fourth-order valence-corrected chi connectivity index (χ4v) is 11.3. The number of carbonyl (C=O) groups excluding carboxylic acids is 4. The highest BCUT2D eigenvalue weighted by molar-refractivity contribution is 7.47. The molecular weight excluding hydrogens is 1130 g/mol. The van der Waals surface area contributed by atoms with Crippen LogP contribution in [0, 0.1) is 23.7 Å². The molecule has 0 saturated heterocycles. The van der Waals surface area contributed by atoms with Gasteiger partial charge in [-0.1, -0.05) is 267 Å². The van der Waals surface area contributed by atoms with Crippen molar-refractivity contribution >= 4 is 39.5 Å². The molecule has 0 radical (unpaired) electrons. The summed E-state index contributed by atoms with van der Waals surface area (Å²) in [6, 6.07) is 0. The second-order valence-electron chi connectivity index (χ2n) is 25.3. The van der Waals surface area contributed by atoms with E-state index in [9.17, 15) is 43.2 Å². The van der Waals surface area contributed by atoms with Gasteiger partial charge in [0.15, 0.2) is 12.2 Å². The lowest BCUT2D eigenvalue weighted by Gasteiger charge is -2.21. The first-order valence-electron chi connectivity index (χ1n) is 34.3. The predicted octanol–water partition coefficient (Wildman–Crippen LogP) is 18.1. The highest BCUT2D eigenvalue weighted by Gasteiger charge is 2.30. The first kappa shape index (κ1) is 83.1. The average molecular weight is 1260 g/mol. The molecule has 0 spiro atoms. The molecule has 0 saturated carbocycles. The van der Waals surface area contributed by atoms with Crippen LogP contribution < -0.4 is 0 Å². The molecule has 3 N–H and O–H groups in total. The Morgan fingerprint density at radius 1 is 0.329 bits per heavy atom. The van der Waals surface area contributed by atoms with Crippen molar-refractivity contribution in [2.75, 3.05) is 39.6 Å². The van der Waals surface area contributed by atoms with Gasteiger partial charge in [0.1, 0.15) is 19.3 Å². The van der Waals surface area contributed by atoms with Gasteiger partial charge in [0.25, 0.3) is 0 Å². The molecule has 4 unspecified atom stereocenters. The van der Waals surface area contributed by atoms with E-state index in [4.69, 9.17) is 37.0 Å². The minimum absolute atomic E-state index is 0.104. The first-order valence-corrected chi connectivity index (χ1v) is 37.3. The molecule has 0 aliphatic carbocycles. The first-order chi connectivity index (χ1) is 40.7. The quantitative estimate of drug-likeness (QED) is 0.0222. The molecule has 0 bridgehead atoms. The standard InChI is InChI=1S/C66H128O17P2/c1-9-58(7)44-36-28-20-15-17-23-33-41-49-66(71)83-61(52-76-63(68)46-38-30-21-16-14-19-27-35-43-57(5)6)54-80-84(72,73)78-50-60(67)51-79-85(74,75)81-55-62(53-77-64(69)47-39-31-25-24-29-37-45-59(8)10-2)82-65(70)48-40-32-22-13-11-12-18-26-34-42-56(3)4/h56-62,67H,9-55H2,1-8H3,(H,72,73)(H,74,75)/t58?,59?,60-,61-,62-/m1/s1. The minimum atomic E-state index is -4.95. The molecule has 504 valence electrons. The van der Waals surface area contributed by atoms with E-state index in [1.165, 1.54) is 116 Å². The molecule has 0 aromatic rings. The smallest absolute Gasteiger partial charge is 0.462 e. The van der Waals surface area contributed by atoms with E-state index in [1.807, 2.05) is 0 Å². The summed E-state index contributed by atoms with van der Waals surface area (Å²) in [5.41, 5.74) is 0. The summed E-state index contributed by atoms with van der Waals surface area (Å²) in [7, 11) is -9.90. The maximum Gasteiger partial charge on any atom is 0.472 e. The number of esters is 4. The van der Waals surface area contributed by atoms with Crippen molar-refractivity contribution in [1.82, 2.24) is 0 Å². The van der Waals surface area contributed by atoms with Crippen LogP contribution in [0.15, 0.2) is 0 Å². The molecule has 7 atom stereocenters. The van der Waals surface area contributed by atoms with Gasteiger partial charge in [-0.05, 0) is 49.4 Å². The number of phosphoric ester groups is 2. The second kappa shape index (κ2) is 56.1. The van der Waals surface area contributed by atoms with Gasteiger partial charge in [-0.2, -0.15) is 0 Å². The Hall–Kier alpha value is -1.94. The predicted molar refractivity (Wildman–Crippen MR) is 340 cm³/mol. The lowest BCUT2D eigenvalue weighted by molar-refractivity contribution is -0.161. The van der Waals surface area contributed by atoms with Crippen molar-refractivity contribution in [1.29, 1.82) is 0 Å². The van der Waals surface area contributed by atoms with E-state index >= 15 is 0 Å². The van der Waals surface area contributed by atoms with Crippen molar-refractivity contribution in [3.63, 3.8) is 0 Å². The molecule has 0 rings (SSSR count). The fraction of sp³-hybridized carbons (Fsp3) is 0.939. The normalized spacial score (nSPS) is 15.0. The number of aliphatic hydroxyl groups excluding tert-OH is 1. The van der Waals surface area contributed by atoms with E-state index in [0.29, 0.717) is 25.7 Å². The van der Waals surface area contributed by atoms with E-state index in [1.54, 1.807) is 0 Å². The van der Waals surface area contributed by atoms with E-state index in [0.717, 1.165) is 120 Å². The van der Waals surface area contributed by atoms with Crippen molar-refractivity contribution in [2.24, 2.45) is 23.7 Å². The van der Waals surface area contributed by atoms with Crippen LogP contribution in [0.4, 0.5) is 0 Å². The van der Waals surface area contributed by atoms with Gasteiger partial charge in [0.05, 0.1) is 26.4 Å².